The maximum absolute atomic E-state index is 10.9. The molecule has 1 aliphatic heterocycles. The standard InChI is InChI=1S/C12H13N3O3/c16-12(17)8-4-9-11(13-5-8)15-10(14-9)7-2-1-3-18-6-7/h4-5,7H,1-3,6H2,(H,16,17)(H,13,14,15). The van der Waals surface area contributed by atoms with Crippen LogP contribution in [0.15, 0.2) is 12.3 Å². The molecule has 6 nitrogen and oxygen atoms in total. The first-order valence-corrected chi connectivity index (χ1v) is 5.91. The highest BCUT2D eigenvalue weighted by Gasteiger charge is 2.20. The average molecular weight is 247 g/mol. The van der Waals surface area contributed by atoms with Gasteiger partial charge in [0, 0.05) is 18.7 Å². The van der Waals surface area contributed by atoms with Gasteiger partial charge in [-0.15, -0.1) is 0 Å². The fourth-order valence-electron chi connectivity index (χ4n) is 2.19. The van der Waals surface area contributed by atoms with Crippen LogP contribution in [-0.2, 0) is 4.74 Å². The Labute approximate surface area is 103 Å². The van der Waals surface area contributed by atoms with E-state index in [1.54, 1.807) is 6.07 Å². The van der Waals surface area contributed by atoms with Crippen LogP contribution in [0, 0.1) is 0 Å². The molecule has 0 bridgehead atoms. The number of nitrogens with zero attached hydrogens (tertiary/aromatic N) is 2. The minimum atomic E-state index is -0.985. The summed E-state index contributed by atoms with van der Waals surface area (Å²) in [4.78, 5) is 22.5. The second kappa shape index (κ2) is 4.38. The highest BCUT2D eigenvalue weighted by atomic mass is 16.5. The van der Waals surface area contributed by atoms with E-state index in [1.807, 2.05) is 0 Å². The molecule has 1 fully saturated rings. The van der Waals surface area contributed by atoms with E-state index in [1.165, 1.54) is 6.20 Å². The van der Waals surface area contributed by atoms with Crippen molar-refractivity contribution in [2.75, 3.05) is 13.2 Å². The highest BCUT2D eigenvalue weighted by molar-refractivity contribution is 5.90. The summed E-state index contributed by atoms with van der Waals surface area (Å²) >= 11 is 0. The summed E-state index contributed by atoms with van der Waals surface area (Å²) < 4.78 is 5.42. The van der Waals surface area contributed by atoms with Gasteiger partial charge in [-0.3, -0.25) is 0 Å². The molecule has 0 amide bonds. The first-order valence-electron chi connectivity index (χ1n) is 5.91. The van der Waals surface area contributed by atoms with Gasteiger partial charge in [0.15, 0.2) is 5.65 Å². The van der Waals surface area contributed by atoms with Crippen LogP contribution >= 0.6 is 0 Å². The smallest absolute Gasteiger partial charge is 0.337 e. The summed E-state index contributed by atoms with van der Waals surface area (Å²) in [6, 6.07) is 1.56. The summed E-state index contributed by atoms with van der Waals surface area (Å²) in [5, 5.41) is 8.91. The number of carbonyl (C=O) groups is 1. The highest BCUT2D eigenvalue weighted by Crippen LogP contribution is 2.24. The quantitative estimate of drug-likeness (QED) is 0.840. The van der Waals surface area contributed by atoms with Gasteiger partial charge in [0.2, 0.25) is 0 Å². The summed E-state index contributed by atoms with van der Waals surface area (Å²) in [5.41, 5.74) is 1.38. The van der Waals surface area contributed by atoms with Gasteiger partial charge in [-0.1, -0.05) is 0 Å². The Morgan fingerprint density at radius 1 is 1.56 bits per heavy atom. The lowest BCUT2D eigenvalue weighted by Gasteiger charge is -2.19. The normalized spacial score (nSPS) is 20.1. The molecule has 1 saturated heterocycles. The number of rotatable bonds is 2. The molecular formula is C12H13N3O3. The number of imidazole rings is 1. The monoisotopic (exact) mass is 247 g/mol. The fourth-order valence-corrected chi connectivity index (χ4v) is 2.19. The van der Waals surface area contributed by atoms with E-state index in [0.29, 0.717) is 17.8 Å². The van der Waals surface area contributed by atoms with Crippen molar-refractivity contribution in [3.8, 4) is 0 Å². The number of hydrogen-bond donors (Lipinski definition) is 2. The van der Waals surface area contributed by atoms with Gasteiger partial charge in [-0.2, -0.15) is 0 Å². The Morgan fingerprint density at radius 3 is 3.17 bits per heavy atom. The minimum absolute atomic E-state index is 0.164. The van der Waals surface area contributed by atoms with E-state index in [0.717, 1.165) is 25.3 Å². The molecule has 3 heterocycles. The number of aromatic nitrogens is 3. The van der Waals surface area contributed by atoms with Crippen LogP contribution in [0.4, 0.5) is 0 Å². The van der Waals surface area contributed by atoms with Gasteiger partial charge in [0.25, 0.3) is 0 Å². The Balaban J connectivity index is 1.97. The molecule has 0 spiro atoms. The van der Waals surface area contributed by atoms with Crippen molar-refractivity contribution in [3.63, 3.8) is 0 Å². The van der Waals surface area contributed by atoms with E-state index in [4.69, 9.17) is 9.84 Å². The second-order valence-electron chi connectivity index (χ2n) is 4.44. The zero-order chi connectivity index (χ0) is 12.5. The van der Waals surface area contributed by atoms with Crippen molar-refractivity contribution < 1.29 is 14.6 Å². The number of aromatic carboxylic acids is 1. The van der Waals surface area contributed by atoms with Crippen LogP contribution in [0.3, 0.4) is 0 Å². The molecule has 0 saturated carbocycles. The van der Waals surface area contributed by atoms with Gasteiger partial charge in [-0.05, 0) is 18.9 Å². The SMILES string of the molecule is O=C(O)c1cnc2nc(C3CCCOC3)[nH]c2c1. The number of hydrogen-bond acceptors (Lipinski definition) is 4. The minimum Gasteiger partial charge on any atom is -0.478 e. The number of carboxylic acid groups (broad SMARTS) is 1. The number of fused-ring (bicyclic) bond motifs is 1. The molecule has 18 heavy (non-hydrogen) atoms. The molecule has 1 atom stereocenters. The lowest BCUT2D eigenvalue weighted by molar-refractivity contribution is 0.0696. The number of H-pyrrole nitrogens is 1. The zero-order valence-electron chi connectivity index (χ0n) is 9.72. The molecule has 2 aromatic heterocycles. The molecule has 2 aromatic rings. The fraction of sp³-hybridized carbons (Fsp3) is 0.417. The third-order valence-corrected chi connectivity index (χ3v) is 3.15. The zero-order valence-corrected chi connectivity index (χ0v) is 9.72. The van der Waals surface area contributed by atoms with Gasteiger partial charge in [-0.25, -0.2) is 14.8 Å². The van der Waals surface area contributed by atoms with Crippen LogP contribution in [0.1, 0.15) is 34.9 Å². The summed E-state index contributed by atoms with van der Waals surface area (Å²) in [7, 11) is 0. The Kier molecular flexibility index (Phi) is 2.71. The maximum Gasteiger partial charge on any atom is 0.337 e. The lowest BCUT2D eigenvalue weighted by atomic mass is 10.0. The predicted octanol–water partition coefficient (Wildman–Crippen LogP) is 1.55. The molecule has 2 N–H and O–H groups in total. The number of ether oxygens (including phenoxy) is 1. The molecule has 1 aliphatic rings. The van der Waals surface area contributed by atoms with Crippen LogP contribution in [0.2, 0.25) is 0 Å². The molecule has 94 valence electrons. The average Bonchev–Trinajstić information content (AvgIpc) is 2.82. The van der Waals surface area contributed by atoms with E-state index in [9.17, 15) is 4.79 Å². The van der Waals surface area contributed by atoms with Gasteiger partial charge < -0.3 is 14.8 Å². The molecule has 3 rings (SSSR count). The Bertz CT molecular complexity index is 587. The van der Waals surface area contributed by atoms with Gasteiger partial charge >= 0.3 is 5.97 Å². The van der Waals surface area contributed by atoms with Crippen molar-refractivity contribution in [3.05, 3.63) is 23.7 Å². The largest absolute Gasteiger partial charge is 0.478 e. The summed E-state index contributed by atoms with van der Waals surface area (Å²) in [6.45, 7) is 1.46. The Morgan fingerprint density at radius 2 is 2.44 bits per heavy atom. The van der Waals surface area contributed by atoms with Crippen molar-refractivity contribution in [2.45, 2.75) is 18.8 Å². The molecule has 0 aromatic carbocycles. The first-order chi connectivity index (χ1) is 8.74. The molecule has 6 heteroatoms. The third-order valence-electron chi connectivity index (χ3n) is 3.15. The first kappa shape index (κ1) is 11.2. The van der Waals surface area contributed by atoms with Gasteiger partial charge in [0.05, 0.1) is 17.7 Å². The second-order valence-corrected chi connectivity index (χ2v) is 4.44. The maximum atomic E-state index is 10.9. The van der Waals surface area contributed by atoms with Crippen molar-refractivity contribution >= 4 is 17.1 Å². The van der Waals surface area contributed by atoms with Crippen LogP contribution < -0.4 is 0 Å². The predicted molar refractivity (Wildman–Crippen MR) is 63.6 cm³/mol. The molecular weight excluding hydrogens is 234 g/mol. The van der Waals surface area contributed by atoms with Crippen LogP contribution in [-0.4, -0.2) is 39.2 Å². The third kappa shape index (κ3) is 1.95. The summed E-state index contributed by atoms with van der Waals surface area (Å²) in [5.74, 6) is 0.0996. The van der Waals surface area contributed by atoms with E-state index >= 15 is 0 Å². The van der Waals surface area contributed by atoms with Crippen molar-refractivity contribution in [2.24, 2.45) is 0 Å². The van der Waals surface area contributed by atoms with Gasteiger partial charge in [0.1, 0.15) is 5.82 Å². The number of carboxylic acids is 1. The number of aromatic amines is 1. The number of pyridine rings is 1. The van der Waals surface area contributed by atoms with E-state index in [2.05, 4.69) is 15.0 Å². The van der Waals surface area contributed by atoms with Crippen LogP contribution in [0.5, 0.6) is 0 Å². The Hall–Kier alpha value is -1.95. The summed E-state index contributed by atoms with van der Waals surface area (Å²) in [6.07, 6.45) is 3.38. The van der Waals surface area contributed by atoms with E-state index < -0.39 is 5.97 Å². The molecule has 1 unspecified atom stereocenters. The van der Waals surface area contributed by atoms with Crippen LogP contribution in [0.25, 0.3) is 11.2 Å². The lowest BCUT2D eigenvalue weighted by Crippen LogP contribution is -2.16. The van der Waals surface area contributed by atoms with Crippen molar-refractivity contribution in [1.29, 1.82) is 0 Å². The molecule has 0 aliphatic carbocycles. The topological polar surface area (TPSA) is 88.1 Å². The molecule has 0 radical (unpaired) electrons. The van der Waals surface area contributed by atoms with Crippen molar-refractivity contribution in [1.82, 2.24) is 15.0 Å². The number of nitrogens with one attached hydrogen (secondary N) is 1. The van der Waals surface area contributed by atoms with E-state index in [-0.39, 0.29) is 11.5 Å².